The molecule has 0 spiro atoms. The average Bonchev–Trinajstić information content (AvgIpc) is 1.88. The summed E-state index contributed by atoms with van der Waals surface area (Å²) in [4.78, 5) is 0. The van der Waals surface area contributed by atoms with Crippen LogP contribution in [0.1, 0.15) is 0 Å². The Kier molecular flexibility index (Phi) is 47.5. The molecule has 0 aromatic heterocycles. The van der Waals surface area contributed by atoms with Gasteiger partial charge in [-0.2, -0.15) is 10.6 Å². The minimum atomic E-state index is 0. The molecule has 0 saturated carbocycles. The minimum Gasteiger partial charge on any atom is -0.773 e. The van der Waals surface area contributed by atoms with Gasteiger partial charge in [0.25, 0.3) is 0 Å². The van der Waals surface area contributed by atoms with E-state index in [4.69, 9.17) is 20.8 Å². The molecule has 0 aliphatic heterocycles. The van der Waals surface area contributed by atoms with Crippen LogP contribution < -0.4 is 0 Å². The summed E-state index contributed by atoms with van der Waals surface area (Å²) in [6.45, 7) is 0. The van der Waals surface area contributed by atoms with Crippen molar-refractivity contribution in [1.29, 1.82) is 0 Å². The summed E-state index contributed by atoms with van der Waals surface area (Å²) in [5.41, 5.74) is 0. The molecule has 0 aliphatic carbocycles. The molecule has 0 aliphatic rings. The molecular formula is H2MgN4O4. The molecule has 0 fully saturated rings. The number of hydrogen-bond donors (Lipinski definition) is 2. The number of nitrogens with zero attached hydrogens (tertiary/aromatic N) is 4. The normalized spacial score (nSPS) is 8.00. The Bertz CT molecular complexity index is 53.0. The van der Waals surface area contributed by atoms with E-state index >= 15 is 0 Å². The van der Waals surface area contributed by atoms with E-state index in [0.29, 0.717) is 0 Å². The van der Waals surface area contributed by atoms with Crippen LogP contribution >= 0.6 is 0 Å². The summed E-state index contributed by atoms with van der Waals surface area (Å²) in [5, 5.41) is 38.0. The van der Waals surface area contributed by atoms with Crippen molar-refractivity contribution in [3.8, 4) is 0 Å². The molecule has 0 rings (SSSR count). The Morgan fingerprint density at radius 3 is 1.00 bits per heavy atom. The second-order valence-corrected chi connectivity index (χ2v) is 0.342. The van der Waals surface area contributed by atoms with E-state index in [1.54, 1.807) is 21.1 Å². The van der Waals surface area contributed by atoms with Gasteiger partial charge in [-0.3, -0.25) is 0 Å². The maximum absolute atomic E-state index is 8.51. The molecule has 0 heterocycles. The first-order valence-electron chi connectivity index (χ1n) is 1.17. The van der Waals surface area contributed by atoms with Crippen LogP contribution in [0.3, 0.4) is 0 Å². The molecule has 0 bridgehead atoms. The second kappa shape index (κ2) is 27.2. The fourth-order valence-corrected chi connectivity index (χ4v) is 0. The second-order valence-electron chi connectivity index (χ2n) is 0.342. The first-order valence-corrected chi connectivity index (χ1v) is 1.17. The van der Waals surface area contributed by atoms with Gasteiger partial charge in [-0.1, -0.05) is 0 Å². The molecule has 2 N–H and O–H groups in total. The SMILES string of the molecule is [Mg+2].[O-]N=NO.[O-]N=NO. The molecule has 9 heavy (non-hydrogen) atoms. The van der Waals surface area contributed by atoms with Gasteiger partial charge in [0.15, 0.2) is 0 Å². The maximum Gasteiger partial charge on any atom is 2.00 e. The maximum atomic E-state index is 8.51. The smallest absolute Gasteiger partial charge is 0.773 e. The van der Waals surface area contributed by atoms with Crippen molar-refractivity contribution in [3.63, 3.8) is 0 Å². The number of rotatable bonds is 0. The van der Waals surface area contributed by atoms with Gasteiger partial charge in [0.2, 0.25) is 0 Å². The third-order valence-corrected chi connectivity index (χ3v) is 0.0730. The monoisotopic (exact) mass is 146 g/mol. The van der Waals surface area contributed by atoms with Crippen molar-refractivity contribution in [2.75, 3.05) is 0 Å². The van der Waals surface area contributed by atoms with E-state index in [1.807, 2.05) is 0 Å². The quantitative estimate of drug-likeness (QED) is 0.288. The van der Waals surface area contributed by atoms with E-state index in [-0.39, 0.29) is 23.1 Å². The fraction of sp³-hybridized carbons (Fsp3) is 0. The summed E-state index contributed by atoms with van der Waals surface area (Å²) in [6, 6.07) is 0. The molecule has 48 valence electrons. The van der Waals surface area contributed by atoms with Crippen LogP contribution in [0.2, 0.25) is 0 Å². The molecule has 0 aromatic carbocycles. The third-order valence-electron chi connectivity index (χ3n) is 0.0730. The summed E-state index contributed by atoms with van der Waals surface area (Å²) >= 11 is 0. The van der Waals surface area contributed by atoms with Gasteiger partial charge in [-0.25, -0.2) is 0 Å². The molecular weight excluding hydrogens is 144 g/mol. The van der Waals surface area contributed by atoms with Gasteiger partial charge in [0.05, 0.1) is 0 Å². The van der Waals surface area contributed by atoms with Crippen molar-refractivity contribution in [2.24, 2.45) is 21.1 Å². The summed E-state index contributed by atoms with van der Waals surface area (Å²) in [7, 11) is 0. The summed E-state index contributed by atoms with van der Waals surface area (Å²) < 4.78 is 0. The number of hydrogen-bond acceptors (Lipinski definition) is 6. The first-order chi connectivity index (χ1) is 3.83. The van der Waals surface area contributed by atoms with Crippen molar-refractivity contribution >= 4 is 23.1 Å². The summed E-state index contributed by atoms with van der Waals surface area (Å²) in [5.74, 6) is 0. The van der Waals surface area contributed by atoms with Crippen LogP contribution in [0.4, 0.5) is 0 Å². The van der Waals surface area contributed by atoms with E-state index in [0.717, 1.165) is 0 Å². The molecule has 0 unspecified atom stereocenters. The largest absolute Gasteiger partial charge is 2.00 e. The van der Waals surface area contributed by atoms with Crippen LogP contribution in [0, 0.1) is 10.4 Å². The minimum absolute atomic E-state index is 0. The van der Waals surface area contributed by atoms with Gasteiger partial charge in [-0.15, -0.1) is 0 Å². The molecule has 0 atom stereocenters. The van der Waals surface area contributed by atoms with Crippen molar-refractivity contribution < 1.29 is 10.4 Å². The molecule has 8 nitrogen and oxygen atoms in total. The van der Waals surface area contributed by atoms with Crippen LogP contribution in [0.25, 0.3) is 0 Å². The Morgan fingerprint density at radius 1 is 0.889 bits per heavy atom. The van der Waals surface area contributed by atoms with Crippen LogP contribution in [0.15, 0.2) is 21.1 Å². The first kappa shape index (κ1) is 15.7. The van der Waals surface area contributed by atoms with E-state index in [9.17, 15) is 0 Å². The molecule has 9 heteroatoms. The zero-order chi connectivity index (χ0) is 6.83. The Balaban J connectivity index is -0.0000000720. The topological polar surface area (TPSA) is 136 Å². The Morgan fingerprint density at radius 2 is 1.00 bits per heavy atom. The predicted octanol–water partition coefficient (Wildman–Crippen LogP) is 0.270. The van der Waals surface area contributed by atoms with Crippen LogP contribution in [-0.2, 0) is 0 Å². The molecule has 0 radical (unpaired) electrons. The van der Waals surface area contributed by atoms with E-state index < -0.39 is 0 Å². The summed E-state index contributed by atoms with van der Waals surface area (Å²) in [6.07, 6.45) is 0. The molecule has 0 amide bonds. The molecule has 0 saturated heterocycles. The van der Waals surface area contributed by atoms with E-state index in [1.165, 1.54) is 0 Å². The average molecular weight is 146 g/mol. The van der Waals surface area contributed by atoms with E-state index in [2.05, 4.69) is 0 Å². The third kappa shape index (κ3) is 141. The van der Waals surface area contributed by atoms with Gasteiger partial charge < -0.3 is 20.8 Å². The zero-order valence-electron chi connectivity index (χ0n) is 4.21. The van der Waals surface area contributed by atoms with Gasteiger partial charge in [-0.05, 0) is 0 Å². The van der Waals surface area contributed by atoms with Crippen molar-refractivity contribution in [3.05, 3.63) is 10.4 Å². The predicted molar refractivity (Wildman–Crippen MR) is 25.8 cm³/mol. The fourth-order valence-electron chi connectivity index (χ4n) is 0. The van der Waals surface area contributed by atoms with Crippen LogP contribution in [-0.4, -0.2) is 33.5 Å². The zero-order valence-corrected chi connectivity index (χ0v) is 5.62. The van der Waals surface area contributed by atoms with Crippen LogP contribution in [0.5, 0.6) is 0 Å². The van der Waals surface area contributed by atoms with Gasteiger partial charge >= 0.3 is 23.1 Å². The standard InChI is InChI=1S/Mg.2H2N2O2/c;2*3-1-2-4/h;2*(H,1,4)(H,2,3)/q+2;;/p-2. The van der Waals surface area contributed by atoms with Crippen molar-refractivity contribution in [2.45, 2.75) is 0 Å². The Labute approximate surface area is 65.5 Å². The van der Waals surface area contributed by atoms with Gasteiger partial charge in [0.1, 0.15) is 0 Å². The Hall–Kier alpha value is -0.834. The molecule has 0 aromatic rings. The van der Waals surface area contributed by atoms with Crippen molar-refractivity contribution in [1.82, 2.24) is 0 Å². The van der Waals surface area contributed by atoms with Gasteiger partial charge in [0, 0.05) is 10.6 Å².